The van der Waals surface area contributed by atoms with Crippen LogP contribution in [0.1, 0.15) is 23.7 Å². The van der Waals surface area contributed by atoms with Crippen molar-refractivity contribution in [3.05, 3.63) is 36.2 Å². The van der Waals surface area contributed by atoms with Gasteiger partial charge in [-0.05, 0) is 19.1 Å². The number of carbonyl (C=O) groups is 2. The Kier molecular flexibility index (Phi) is 3.23. The zero-order valence-electron chi connectivity index (χ0n) is 10.7. The molecule has 0 spiro atoms. The smallest absolute Gasteiger partial charge is 0.170 e. The van der Waals surface area contributed by atoms with Crippen LogP contribution in [-0.2, 0) is 4.79 Å². The molecular weight excluding hydrogens is 274 g/mol. The summed E-state index contributed by atoms with van der Waals surface area (Å²) in [7, 11) is 0. The molecule has 1 N–H and O–H groups in total. The van der Waals surface area contributed by atoms with Gasteiger partial charge in [0, 0.05) is 22.9 Å². The summed E-state index contributed by atoms with van der Waals surface area (Å²) in [4.78, 5) is 32.4. The number of hydrogen-bond donors (Lipinski definition) is 1. The van der Waals surface area contributed by atoms with Crippen molar-refractivity contribution in [2.75, 3.05) is 5.32 Å². The zero-order chi connectivity index (χ0) is 14.1. The fourth-order valence-electron chi connectivity index (χ4n) is 1.94. The predicted octanol–water partition coefficient (Wildman–Crippen LogP) is 2.85. The summed E-state index contributed by atoms with van der Waals surface area (Å²) in [5, 5.41) is 3.97. The van der Waals surface area contributed by atoms with Crippen LogP contribution < -0.4 is 5.32 Å². The molecule has 0 aliphatic carbocycles. The van der Waals surface area contributed by atoms with Gasteiger partial charge in [0.15, 0.2) is 11.6 Å². The number of ketones is 2. The Balaban J connectivity index is 1.92. The van der Waals surface area contributed by atoms with Crippen molar-refractivity contribution >= 4 is 34.8 Å². The molecule has 5 nitrogen and oxygen atoms in total. The summed E-state index contributed by atoms with van der Waals surface area (Å²) < 4.78 is 0. The number of anilines is 2. The molecule has 0 amide bonds. The van der Waals surface area contributed by atoms with Crippen LogP contribution in [-0.4, -0.2) is 21.5 Å². The lowest BCUT2D eigenvalue weighted by atomic mass is 10.1. The SMILES string of the molecule is CC(=O)CC(=O)c1ccc2c(c1)Nc1nccnc1S2. The molecule has 1 aliphatic rings. The van der Waals surface area contributed by atoms with Crippen LogP contribution in [0.15, 0.2) is 40.5 Å². The van der Waals surface area contributed by atoms with Crippen LogP contribution >= 0.6 is 11.8 Å². The second-order valence-corrected chi connectivity index (χ2v) is 5.48. The van der Waals surface area contributed by atoms with Crippen LogP contribution in [0.3, 0.4) is 0 Å². The van der Waals surface area contributed by atoms with E-state index in [1.807, 2.05) is 6.07 Å². The average Bonchev–Trinajstić information content (AvgIpc) is 2.43. The van der Waals surface area contributed by atoms with Gasteiger partial charge in [0.25, 0.3) is 0 Å². The summed E-state index contributed by atoms with van der Waals surface area (Å²) in [6.07, 6.45) is 3.19. The van der Waals surface area contributed by atoms with E-state index in [0.717, 1.165) is 15.6 Å². The molecule has 0 fully saturated rings. The van der Waals surface area contributed by atoms with Crippen LogP contribution in [0.5, 0.6) is 0 Å². The maximum absolute atomic E-state index is 11.9. The molecule has 0 saturated heterocycles. The number of nitrogens with zero attached hydrogens (tertiary/aromatic N) is 2. The third kappa shape index (κ3) is 2.42. The second-order valence-electron chi connectivity index (χ2n) is 4.45. The third-order valence-corrected chi connectivity index (χ3v) is 3.90. The molecule has 6 heteroatoms. The summed E-state index contributed by atoms with van der Waals surface area (Å²) >= 11 is 1.50. The lowest BCUT2D eigenvalue weighted by Crippen LogP contribution is -2.08. The van der Waals surface area contributed by atoms with Crippen molar-refractivity contribution in [2.24, 2.45) is 0 Å². The fraction of sp³-hybridized carbons (Fsp3) is 0.143. The number of benzene rings is 1. The van der Waals surface area contributed by atoms with Gasteiger partial charge in [0.1, 0.15) is 10.8 Å². The molecule has 2 heterocycles. The molecule has 0 saturated carbocycles. The Morgan fingerprint density at radius 1 is 1.25 bits per heavy atom. The van der Waals surface area contributed by atoms with E-state index in [9.17, 15) is 9.59 Å². The summed E-state index contributed by atoms with van der Waals surface area (Å²) in [5.74, 6) is 0.379. The molecule has 2 aromatic rings. The standard InChI is InChI=1S/C14H11N3O2S/c1-8(18)6-11(19)9-2-3-12-10(7-9)17-13-14(20-12)16-5-4-15-13/h2-5,7H,6H2,1H3,(H,15,17). The van der Waals surface area contributed by atoms with Gasteiger partial charge in [-0.1, -0.05) is 17.8 Å². The monoisotopic (exact) mass is 285 g/mol. The van der Waals surface area contributed by atoms with E-state index in [1.54, 1.807) is 24.5 Å². The maximum Gasteiger partial charge on any atom is 0.170 e. The van der Waals surface area contributed by atoms with Crippen molar-refractivity contribution < 1.29 is 9.59 Å². The Morgan fingerprint density at radius 2 is 2.05 bits per heavy atom. The molecule has 1 aromatic carbocycles. The van der Waals surface area contributed by atoms with Crippen molar-refractivity contribution in [1.82, 2.24) is 9.97 Å². The molecule has 1 aromatic heterocycles. The molecule has 0 bridgehead atoms. The minimum atomic E-state index is -0.169. The van der Waals surface area contributed by atoms with E-state index in [0.29, 0.717) is 11.4 Å². The van der Waals surface area contributed by atoms with E-state index < -0.39 is 0 Å². The van der Waals surface area contributed by atoms with Crippen LogP contribution in [0.2, 0.25) is 0 Å². The zero-order valence-corrected chi connectivity index (χ0v) is 11.5. The Hall–Kier alpha value is -2.21. The topological polar surface area (TPSA) is 72.0 Å². The van der Waals surface area contributed by atoms with Gasteiger partial charge in [-0.25, -0.2) is 9.97 Å². The summed E-state index contributed by atoms with van der Waals surface area (Å²) in [6, 6.07) is 5.35. The van der Waals surface area contributed by atoms with Gasteiger partial charge in [-0.3, -0.25) is 9.59 Å². The summed E-state index contributed by atoms with van der Waals surface area (Å²) in [6.45, 7) is 1.41. The molecule has 0 unspecified atom stereocenters. The second kappa shape index (κ2) is 5.05. The number of rotatable bonds is 3. The number of fused-ring (bicyclic) bond motifs is 2. The molecule has 3 rings (SSSR count). The minimum Gasteiger partial charge on any atom is -0.337 e. The lowest BCUT2D eigenvalue weighted by Gasteiger charge is -2.19. The number of aromatic nitrogens is 2. The highest BCUT2D eigenvalue weighted by Gasteiger charge is 2.19. The highest BCUT2D eigenvalue weighted by atomic mass is 32.2. The molecular formula is C14H11N3O2S. The van der Waals surface area contributed by atoms with Crippen molar-refractivity contribution in [3.63, 3.8) is 0 Å². The van der Waals surface area contributed by atoms with Crippen LogP contribution in [0.25, 0.3) is 0 Å². The highest BCUT2D eigenvalue weighted by molar-refractivity contribution is 7.99. The molecule has 1 aliphatic heterocycles. The van der Waals surface area contributed by atoms with Gasteiger partial charge in [0.05, 0.1) is 12.1 Å². The Morgan fingerprint density at radius 3 is 2.85 bits per heavy atom. The first kappa shape index (κ1) is 12.8. The number of Topliss-reactive ketones (excluding diaryl/α,β-unsaturated/α-hetero) is 2. The Labute approximate surface area is 119 Å². The highest BCUT2D eigenvalue weighted by Crippen LogP contribution is 2.42. The lowest BCUT2D eigenvalue weighted by molar-refractivity contribution is -0.116. The normalized spacial score (nSPS) is 12.1. The first-order chi connectivity index (χ1) is 9.63. The third-order valence-electron chi connectivity index (χ3n) is 2.84. The molecule has 0 radical (unpaired) electrons. The maximum atomic E-state index is 11.9. The molecule has 20 heavy (non-hydrogen) atoms. The molecule has 0 atom stereocenters. The number of carbonyl (C=O) groups excluding carboxylic acids is 2. The number of nitrogens with one attached hydrogen (secondary N) is 1. The van der Waals surface area contributed by atoms with Crippen molar-refractivity contribution in [3.8, 4) is 0 Å². The van der Waals surface area contributed by atoms with Gasteiger partial charge < -0.3 is 5.32 Å². The van der Waals surface area contributed by atoms with Gasteiger partial charge in [0.2, 0.25) is 0 Å². The minimum absolute atomic E-state index is 0.0671. The van der Waals surface area contributed by atoms with E-state index in [1.165, 1.54) is 18.7 Å². The predicted molar refractivity (Wildman–Crippen MR) is 75.5 cm³/mol. The Bertz CT molecular complexity index is 715. The first-order valence-corrected chi connectivity index (χ1v) is 6.88. The average molecular weight is 285 g/mol. The van der Waals surface area contributed by atoms with Gasteiger partial charge in [-0.15, -0.1) is 0 Å². The van der Waals surface area contributed by atoms with Crippen LogP contribution in [0.4, 0.5) is 11.5 Å². The molecule has 100 valence electrons. The quantitative estimate of drug-likeness (QED) is 0.589. The van der Waals surface area contributed by atoms with Gasteiger partial charge >= 0.3 is 0 Å². The van der Waals surface area contributed by atoms with E-state index >= 15 is 0 Å². The fourth-order valence-corrected chi connectivity index (χ4v) is 2.81. The van der Waals surface area contributed by atoms with E-state index in [2.05, 4.69) is 15.3 Å². The van der Waals surface area contributed by atoms with Crippen molar-refractivity contribution in [1.29, 1.82) is 0 Å². The summed E-state index contributed by atoms with van der Waals surface area (Å²) in [5.41, 5.74) is 1.34. The van der Waals surface area contributed by atoms with Crippen molar-refractivity contribution in [2.45, 2.75) is 23.3 Å². The van der Waals surface area contributed by atoms with Crippen LogP contribution in [0, 0.1) is 0 Å². The largest absolute Gasteiger partial charge is 0.337 e. The van der Waals surface area contributed by atoms with E-state index in [4.69, 9.17) is 0 Å². The number of hydrogen-bond acceptors (Lipinski definition) is 6. The van der Waals surface area contributed by atoms with E-state index in [-0.39, 0.29) is 18.0 Å². The van der Waals surface area contributed by atoms with Gasteiger partial charge in [-0.2, -0.15) is 0 Å². The first-order valence-electron chi connectivity index (χ1n) is 6.06.